The van der Waals surface area contributed by atoms with Gasteiger partial charge in [0, 0.05) is 39.4 Å². The Morgan fingerprint density at radius 3 is 2.44 bits per heavy atom. The fraction of sp³-hybridized carbons (Fsp3) is 0.588. The second-order valence-corrected chi connectivity index (χ2v) is 6.71. The minimum Gasteiger partial charge on any atom is -0.347 e. The van der Waals surface area contributed by atoms with Crippen molar-refractivity contribution in [3.8, 4) is 0 Å². The van der Waals surface area contributed by atoms with E-state index in [0.29, 0.717) is 18.8 Å². The third kappa shape index (κ3) is 3.94. The second kappa shape index (κ2) is 7.58. The molecule has 2 saturated heterocycles. The van der Waals surface area contributed by atoms with Gasteiger partial charge in [-0.15, -0.1) is 0 Å². The second-order valence-electron chi connectivity index (χ2n) is 6.71. The monoisotopic (exact) mass is 347 g/mol. The highest BCUT2D eigenvalue weighted by Gasteiger charge is 2.31. The van der Waals surface area contributed by atoms with Crippen molar-refractivity contribution in [1.82, 2.24) is 25.2 Å². The average Bonchev–Trinajstić information content (AvgIpc) is 3.30. The van der Waals surface area contributed by atoms with Gasteiger partial charge in [0.25, 0.3) is 5.91 Å². The summed E-state index contributed by atoms with van der Waals surface area (Å²) in [6, 6.07) is 3.47. The van der Waals surface area contributed by atoms with E-state index in [0.717, 1.165) is 38.8 Å². The molecule has 1 atom stereocenters. The molecule has 1 aromatic rings. The molecule has 3 heterocycles. The zero-order chi connectivity index (χ0) is 17.8. The molecule has 8 nitrogen and oxygen atoms in total. The normalized spacial score (nSPS) is 20.4. The van der Waals surface area contributed by atoms with Crippen molar-refractivity contribution in [1.29, 1.82) is 0 Å². The highest BCUT2D eigenvalue weighted by Crippen LogP contribution is 2.19. The van der Waals surface area contributed by atoms with Gasteiger partial charge in [0.15, 0.2) is 0 Å². The molecule has 2 aliphatic heterocycles. The summed E-state index contributed by atoms with van der Waals surface area (Å²) >= 11 is 0. The molecular formula is C17H25N5O3. The predicted octanol–water partition coefficient (Wildman–Crippen LogP) is 0.714. The van der Waals surface area contributed by atoms with E-state index in [9.17, 15) is 14.4 Å². The molecule has 2 aliphatic rings. The van der Waals surface area contributed by atoms with E-state index in [4.69, 9.17) is 0 Å². The number of urea groups is 1. The first kappa shape index (κ1) is 17.3. The lowest BCUT2D eigenvalue weighted by Crippen LogP contribution is -2.52. The van der Waals surface area contributed by atoms with Crippen molar-refractivity contribution in [2.45, 2.75) is 25.7 Å². The van der Waals surface area contributed by atoms with Crippen LogP contribution in [-0.4, -0.2) is 58.4 Å². The zero-order valence-corrected chi connectivity index (χ0v) is 14.5. The molecule has 0 radical (unpaired) electrons. The number of hydrogen-bond acceptors (Lipinski definition) is 3. The Morgan fingerprint density at radius 2 is 1.76 bits per heavy atom. The number of piperidine rings is 1. The van der Waals surface area contributed by atoms with Crippen LogP contribution < -0.4 is 10.9 Å². The van der Waals surface area contributed by atoms with Crippen LogP contribution in [0.4, 0.5) is 4.79 Å². The van der Waals surface area contributed by atoms with Gasteiger partial charge >= 0.3 is 6.03 Å². The van der Waals surface area contributed by atoms with Gasteiger partial charge in [0.2, 0.25) is 5.91 Å². The number of amides is 4. The molecule has 1 unspecified atom stereocenters. The maximum absolute atomic E-state index is 12.5. The van der Waals surface area contributed by atoms with Crippen LogP contribution in [0.2, 0.25) is 0 Å². The Balaban J connectivity index is 1.50. The average molecular weight is 347 g/mol. The van der Waals surface area contributed by atoms with E-state index in [-0.39, 0.29) is 23.8 Å². The molecule has 2 fully saturated rings. The van der Waals surface area contributed by atoms with Crippen molar-refractivity contribution < 1.29 is 14.4 Å². The maximum Gasteiger partial charge on any atom is 0.320 e. The van der Waals surface area contributed by atoms with Crippen LogP contribution in [0, 0.1) is 5.92 Å². The predicted molar refractivity (Wildman–Crippen MR) is 91.5 cm³/mol. The molecule has 136 valence electrons. The molecule has 2 N–H and O–H groups in total. The number of rotatable bonds is 2. The van der Waals surface area contributed by atoms with Crippen molar-refractivity contribution in [2.24, 2.45) is 13.0 Å². The highest BCUT2D eigenvalue weighted by molar-refractivity contribution is 5.94. The van der Waals surface area contributed by atoms with E-state index < -0.39 is 0 Å². The van der Waals surface area contributed by atoms with Gasteiger partial charge in [-0.05, 0) is 37.8 Å². The number of aromatic nitrogens is 1. The van der Waals surface area contributed by atoms with E-state index >= 15 is 0 Å². The van der Waals surface area contributed by atoms with Crippen LogP contribution in [0.25, 0.3) is 0 Å². The Bertz CT molecular complexity index is 650. The third-order valence-electron chi connectivity index (χ3n) is 4.91. The van der Waals surface area contributed by atoms with Gasteiger partial charge < -0.3 is 14.4 Å². The quantitative estimate of drug-likeness (QED) is 0.773. The Hall–Kier alpha value is -2.51. The summed E-state index contributed by atoms with van der Waals surface area (Å²) in [7, 11) is 1.76. The van der Waals surface area contributed by atoms with Crippen molar-refractivity contribution in [3.63, 3.8) is 0 Å². The smallest absolute Gasteiger partial charge is 0.320 e. The number of aryl methyl sites for hydroxylation is 1. The molecule has 0 aromatic carbocycles. The Kier molecular flexibility index (Phi) is 5.25. The minimum absolute atomic E-state index is 0.0304. The largest absolute Gasteiger partial charge is 0.347 e. The number of hydrazine groups is 1. The topological polar surface area (TPSA) is 86.7 Å². The molecule has 0 saturated carbocycles. The van der Waals surface area contributed by atoms with Crippen LogP contribution in [0.1, 0.15) is 36.2 Å². The number of likely N-dealkylation sites (tertiary alicyclic amines) is 2. The van der Waals surface area contributed by atoms with Crippen molar-refractivity contribution in [3.05, 3.63) is 24.0 Å². The first-order valence-electron chi connectivity index (χ1n) is 8.81. The molecular weight excluding hydrogens is 322 g/mol. The summed E-state index contributed by atoms with van der Waals surface area (Å²) < 4.78 is 1.68. The summed E-state index contributed by atoms with van der Waals surface area (Å²) in [5.41, 5.74) is 5.41. The molecule has 3 rings (SSSR count). The van der Waals surface area contributed by atoms with Gasteiger partial charge in [-0.1, -0.05) is 0 Å². The van der Waals surface area contributed by atoms with E-state index in [1.165, 1.54) is 0 Å². The molecule has 0 spiro atoms. The van der Waals surface area contributed by atoms with Crippen LogP contribution in [0.5, 0.6) is 0 Å². The van der Waals surface area contributed by atoms with Crippen LogP contribution in [0.15, 0.2) is 18.3 Å². The summed E-state index contributed by atoms with van der Waals surface area (Å²) in [5.74, 6) is -0.905. The summed E-state index contributed by atoms with van der Waals surface area (Å²) in [6.07, 6.45) is 5.38. The number of carbonyl (C=O) groups excluding carboxylic acids is 3. The van der Waals surface area contributed by atoms with Crippen LogP contribution in [-0.2, 0) is 11.8 Å². The zero-order valence-electron chi connectivity index (χ0n) is 14.5. The first-order valence-corrected chi connectivity index (χ1v) is 8.81. The molecule has 0 aliphatic carbocycles. The molecule has 1 aromatic heterocycles. The molecule has 0 bridgehead atoms. The standard InChI is InChI=1S/C17H25N5O3/c1-20-8-5-7-14(20)16(24)19-18-15(23)13-6-4-11-22(12-13)17(25)21-9-2-3-10-21/h5,7-8,13H,2-4,6,9-12H2,1H3,(H,18,23)(H,19,24). The van der Waals surface area contributed by atoms with E-state index in [1.54, 1.807) is 34.8 Å². The van der Waals surface area contributed by atoms with Gasteiger partial charge in [-0.25, -0.2) is 4.79 Å². The van der Waals surface area contributed by atoms with Gasteiger partial charge in [-0.3, -0.25) is 20.4 Å². The van der Waals surface area contributed by atoms with Crippen LogP contribution in [0.3, 0.4) is 0 Å². The summed E-state index contributed by atoms with van der Waals surface area (Å²) in [4.78, 5) is 40.5. The number of hydrogen-bond donors (Lipinski definition) is 2. The van der Waals surface area contributed by atoms with E-state index in [1.807, 2.05) is 4.90 Å². The molecule has 25 heavy (non-hydrogen) atoms. The number of nitrogens with one attached hydrogen (secondary N) is 2. The number of carbonyl (C=O) groups is 3. The van der Waals surface area contributed by atoms with Crippen molar-refractivity contribution >= 4 is 17.8 Å². The summed E-state index contributed by atoms with van der Waals surface area (Å²) in [5, 5.41) is 0. The fourth-order valence-electron chi connectivity index (χ4n) is 3.45. The summed E-state index contributed by atoms with van der Waals surface area (Å²) in [6.45, 7) is 2.70. The lowest BCUT2D eigenvalue weighted by Gasteiger charge is -2.34. The van der Waals surface area contributed by atoms with Gasteiger partial charge in [0.05, 0.1) is 5.92 Å². The molecule has 4 amide bonds. The Labute approximate surface area is 147 Å². The Morgan fingerprint density at radius 1 is 1.04 bits per heavy atom. The highest BCUT2D eigenvalue weighted by atomic mass is 16.2. The SMILES string of the molecule is Cn1cccc1C(=O)NNC(=O)C1CCCN(C(=O)N2CCCC2)C1. The van der Waals surface area contributed by atoms with Gasteiger partial charge in [-0.2, -0.15) is 0 Å². The number of nitrogens with zero attached hydrogens (tertiary/aromatic N) is 3. The lowest BCUT2D eigenvalue weighted by atomic mass is 9.97. The molecule has 8 heteroatoms. The third-order valence-corrected chi connectivity index (χ3v) is 4.91. The fourth-order valence-corrected chi connectivity index (χ4v) is 3.45. The maximum atomic E-state index is 12.5. The van der Waals surface area contributed by atoms with Crippen LogP contribution >= 0.6 is 0 Å². The van der Waals surface area contributed by atoms with E-state index in [2.05, 4.69) is 10.9 Å². The first-order chi connectivity index (χ1) is 12.1. The minimum atomic E-state index is -0.360. The van der Waals surface area contributed by atoms with Gasteiger partial charge in [0.1, 0.15) is 5.69 Å². The van der Waals surface area contributed by atoms with Crippen molar-refractivity contribution in [2.75, 3.05) is 26.2 Å². The lowest BCUT2D eigenvalue weighted by molar-refractivity contribution is -0.127.